The van der Waals surface area contributed by atoms with Crippen LogP contribution in [-0.4, -0.2) is 56.7 Å². The van der Waals surface area contributed by atoms with Crippen LogP contribution in [0.25, 0.3) is 0 Å². The monoisotopic (exact) mass is 388 g/mol. The van der Waals surface area contributed by atoms with E-state index in [1.807, 2.05) is 21.0 Å². The van der Waals surface area contributed by atoms with Gasteiger partial charge in [-0.25, -0.2) is 9.59 Å². The first kappa shape index (κ1) is 21.8. The van der Waals surface area contributed by atoms with Gasteiger partial charge >= 0.3 is 12.0 Å². The lowest BCUT2D eigenvalue weighted by Gasteiger charge is -2.31. The molecular weight excluding hydrogens is 356 g/mol. The Balaban J connectivity index is 2.22. The van der Waals surface area contributed by atoms with E-state index in [1.165, 1.54) is 5.56 Å². The molecule has 1 atom stereocenters. The Labute approximate surface area is 167 Å². The number of nitrogens with zero attached hydrogens (tertiary/aromatic N) is 2. The van der Waals surface area contributed by atoms with Crippen molar-refractivity contribution in [2.45, 2.75) is 39.8 Å². The highest BCUT2D eigenvalue weighted by atomic mass is 16.5. The van der Waals surface area contributed by atoms with Crippen molar-refractivity contribution in [2.24, 2.45) is 0 Å². The lowest BCUT2D eigenvalue weighted by molar-refractivity contribution is -0.139. The molecule has 1 aromatic carbocycles. The molecule has 1 heterocycles. The topological polar surface area (TPSA) is 73.9 Å². The standard InChI is InChI=1S/C21H32N4O3/c1-6-17-19(20(26)28-8-3)18(23-21(27)22-17)14-25(7-2)13-15-9-11-16(12-10-15)24(4)5/h9-12,17H,6-8,13-14H2,1-5H3,(H2,22,23,27)/t17-/m0/s1. The first-order valence-corrected chi connectivity index (χ1v) is 9.85. The maximum Gasteiger partial charge on any atom is 0.337 e. The maximum absolute atomic E-state index is 12.5. The number of carbonyl (C=O) groups is 2. The van der Waals surface area contributed by atoms with Crippen LogP contribution in [0.4, 0.5) is 10.5 Å². The number of amides is 2. The maximum atomic E-state index is 12.5. The molecule has 0 radical (unpaired) electrons. The summed E-state index contributed by atoms with van der Waals surface area (Å²) in [5.74, 6) is -0.372. The van der Waals surface area contributed by atoms with Crippen LogP contribution in [-0.2, 0) is 16.1 Å². The van der Waals surface area contributed by atoms with Crippen molar-refractivity contribution < 1.29 is 14.3 Å². The highest BCUT2D eigenvalue weighted by molar-refractivity contribution is 5.94. The van der Waals surface area contributed by atoms with Crippen LogP contribution < -0.4 is 15.5 Å². The number of hydrogen-bond acceptors (Lipinski definition) is 5. The van der Waals surface area contributed by atoms with Gasteiger partial charge < -0.3 is 20.3 Å². The van der Waals surface area contributed by atoms with Crippen molar-refractivity contribution in [3.05, 3.63) is 41.1 Å². The predicted octanol–water partition coefficient (Wildman–Crippen LogP) is 2.48. The number of hydrogen-bond donors (Lipinski definition) is 2. The molecule has 1 aliphatic heterocycles. The molecule has 0 aliphatic carbocycles. The van der Waals surface area contributed by atoms with Gasteiger partial charge in [-0.2, -0.15) is 0 Å². The first-order chi connectivity index (χ1) is 13.4. The lowest BCUT2D eigenvalue weighted by atomic mass is 10.00. The summed E-state index contributed by atoms with van der Waals surface area (Å²) in [5.41, 5.74) is 3.47. The van der Waals surface area contributed by atoms with Crippen LogP contribution in [0.1, 0.15) is 32.8 Å². The largest absolute Gasteiger partial charge is 0.463 e. The number of anilines is 1. The molecule has 2 amide bonds. The Morgan fingerprint density at radius 3 is 2.32 bits per heavy atom. The fourth-order valence-electron chi connectivity index (χ4n) is 3.25. The van der Waals surface area contributed by atoms with E-state index in [1.54, 1.807) is 6.92 Å². The van der Waals surface area contributed by atoms with Gasteiger partial charge in [0.1, 0.15) is 0 Å². The normalized spacial score (nSPS) is 16.6. The van der Waals surface area contributed by atoms with E-state index in [0.29, 0.717) is 30.8 Å². The Hall–Kier alpha value is -2.54. The van der Waals surface area contributed by atoms with E-state index >= 15 is 0 Å². The molecule has 154 valence electrons. The van der Waals surface area contributed by atoms with Gasteiger partial charge in [0.15, 0.2) is 0 Å². The van der Waals surface area contributed by atoms with Gasteiger partial charge in [0.05, 0.1) is 18.2 Å². The van der Waals surface area contributed by atoms with Gasteiger partial charge in [0.25, 0.3) is 0 Å². The smallest absolute Gasteiger partial charge is 0.337 e. The number of nitrogens with one attached hydrogen (secondary N) is 2. The van der Waals surface area contributed by atoms with Crippen molar-refractivity contribution in [2.75, 3.05) is 38.7 Å². The average Bonchev–Trinajstić information content (AvgIpc) is 2.67. The van der Waals surface area contributed by atoms with E-state index in [9.17, 15) is 9.59 Å². The number of esters is 1. The van der Waals surface area contributed by atoms with E-state index in [2.05, 4.69) is 51.6 Å². The summed E-state index contributed by atoms with van der Waals surface area (Å²) in [4.78, 5) is 28.8. The SMILES string of the molecule is CCOC(=O)C1=C(CN(CC)Cc2ccc(N(C)C)cc2)NC(=O)N[C@H]1CC. The van der Waals surface area contributed by atoms with E-state index in [4.69, 9.17) is 4.74 Å². The van der Waals surface area contributed by atoms with Crippen LogP contribution in [0, 0.1) is 0 Å². The first-order valence-electron chi connectivity index (χ1n) is 9.85. The van der Waals surface area contributed by atoms with Crippen molar-refractivity contribution in [1.82, 2.24) is 15.5 Å². The van der Waals surface area contributed by atoms with Gasteiger partial charge in [-0.15, -0.1) is 0 Å². The average molecular weight is 389 g/mol. The van der Waals surface area contributed by atoms with E-state index in [-0.39, 0.29) is 18.0 Å². The number of ether oxygens (including phenoxy) is 1. The molecular formula is C21H32N4O3. The van der Waals surface area contributed by atoms with Crippen molar-refractivity contribution in [3.8, 4) is 0 Å². The second-order valence-electron chi connectivity index (χ2n) is 7.04. The van der Waals surface area contributed by atoms with Crippen LogP contribution in [0.5, 0.6) is 0 Å². The van der Waals surface area contributed by atoms with Crippen molar-refractivity contribution in [1.29, 1.82) is 0 Å². The zero-order valence-corrected chi connectivity index (χ0v) is 17.5. The van der Waals surface area contributed by atoms with Crippen LogP contribution in [0.3, 0.4) is 0 Å². The molecule has 0 fully saturated rings. The molecule has 2 rings (SSSR count). The van der Waals surface area contributed by atoms with Crippen LogP contribution in [0.15, 0.2) is 35.5 Å². The Morgan fingerprint density at radius 1 is 1.11 bits per heavy atom. The summed E-state index contributed by atoms with van der Waals surface area (Å²) in [7, 11) is 4.03. The number of benzene rings is 1. The third-order valence-corrected chi connectivity index (χ3v) is 4.83. The number of likely N-dealkylation sites (N-methyl/N-ethyl adjacent to an activating group) is 1. The molecule has 0 saturated heterocycles. The highest BCUT2D eigenvalue weighted by Gasteiger charge is 2.32. The number of carbonyl (C=O) groups excluding carboxylic acids is 2. The van der Waals surface area contributed by atoms with Gasteiger partial charge in [0.2, 0.25) is 0 Å². The van der Waals surface area contributed by atoms with Gasteiger partial charge in [-0.1, -0.05) is 26.0 Å². The molecule has 7 nitrogen and oxygen atoms in total. The minimum Gasteiger partial charge on any atom is -0.463 e. The minimum absolute atomic E-state index is 0.277. The summed E-state index contributed by atoms with van der Waals surface area (Å²) in [6.45, 7) is 8.08. The van der Waals surface area contributed by atoms with E-state index in [0.717, 1.165) is 18.8 Å². The fraction of sp³-hybridized carbons (Fsp3) is 0.524. The van der Waals surface area contributed by atoms with Gasteiger partial charge in [-0.3, -0.25) is 4.90 Å². The Morgan fingerprint density at radius 2 is 1.79 bits per heavy atom. The molecule has 0 aromatic heterocycles. The van der Waals surface area contributed by atoms with Crippen molar-refractivity contribution >= 4 is 17.7 Å². The molecule has 1 aliphatic rings. The third-order valence-electron chi connectivity index (χ3n) is 4.83. The molecule has 1 aromatic rings. The van der Waals surface area contributed by atoms with Crippen LogP contribution in [0.2, 0.25) is 0 Å². The Bertz CT molecular complexity index is 713. The van der Waals surface area contributed by atoms with E-state index < -0.39 is 0 Å². The molecule has 0 bridgehead atoms. The second-order valence-corrected chi connectivity index (χ2v) is 7.04. The van der Waals surface area contributed by atoms with Crippen molar-refractivity contribution in [3.63, 3.8) is 0 Å². The summed E-state index contributed by atoms with van der Waals surface area (Å²) in [6, 6.07) is 7.78. The minimum atomic E-state index is -0.372. The summed E-state index contributed by atoms with van der Waals surface area (Å²) in [5, 5.41) is 5.64. The number of rotatable bonds is 9. The van der Waals surface area contributed by atoms with Gasteiger partial charge in [0, 0.05) is 38.6 Å². The predicted molar refractivity (Wildman–Crippen MR) is 111 cm³/mol. The molecule has 2 N–H and O–H groups in total. The summed E-state index contributed by atoms with van der Waals surface area (Å²) >= 11 is 0. The van der Waals surface area contributed by atoms with Crippen LogP contribution >= 0.6 is 0 Å². The molecule has 0 spiro atoms. The lowest BCUT2D eigenvalue weighted by Crippen LogP contribution is -2.52. The summed E-state index contributed by atoms with van der Waals surface area (Å²) < 4.78 is 5.24. The molecule has 28 heavy (non-hydrogen) atoms. The second kappa shape index (κ2) is 10.1. The quantitative estimate of drug-likeness (QED) is 0.636. The third kappa shape index (κ3) is 5.48. The molecule has 7 heteroatoms. The zero-order valence-electron chi connectivity index (χ0n) is 17.5. The molecule has 0 saturated carbocycles. The number of urea groups is 1. The fourth-order valence-corrected chi connectivity index (χ4v) is 3.25. The zero-order chi connectivity index (χ0) is 20.7. The Kier molecular flexibility index (Phi) is 7.87. The molecule has 0 unspecified atom stereocenters. The summed E-state index contributed by atoms with van der Waals surface area (Å²) in [6.07, 6.45) is 0.628. The van der Waals surface area contributed by atoms with Gasteiger partial charge in [-0.05, 0) is 37.6 Å². The highest BCUT2D eigenvalue weighted by Crippen LogP contribution is 2.19.